The number of carbonyl (C=O) groups is 4. The van der Waals surface area contributed by atoms with E-state index in [1.807, 2.05) is 0 Å². The number of benzene rings is 2. The SMILES string of the molecule is CCOc1cc([C@@H](CS(C)(=O)=O)N2C(=O)c3cc(C#CCCCCCC4CCN(C(=O)O)CC4)cc(NC(C)=O)c3C2=O)ccc1OC. The number of nitrogens with zero attached hydrogens (tertiary/aromatic N) is 2. The van der Waals surface area contributed by atoms with Crippen molar-refractivity contribution in [3.8, 4) is 23.3 Å². The minimum absolute atomic E-state index is 0.0213. The third kappa shape index (κ3) is 9.07. The van der Waals surface area contributed by atoms with Crippen LogP contribution in [0.1, 0.15) is 96.7 Å². The lowest BCUT2D eigenvalue weighted by Crippen LogP contribution is -2.37. The van der Waals surface area contributed by atoms with Crippen molar-refractivity contribution in [1.82, 2.24) is 9.80 Å². The van der Waals surface area contributed by atoms with Crippen molar-refractivity contribution in [2.75, 3.05) is 44.1 Å². The van der Waals surface area contributed by atoms with E-state index in [1.165, 1.54) is 25.0 Å². The number of carboxylic acid groups (broad SMARTS) is 1. The van der Waals surface area contributed by atoms with Crippen molar-refractivity contribution in [2.45, 2.75) is 64.8 Å². The Balaban J connectivity index is 1.52. The zero-order valence-electron chi connectivity index (χ0n) is 27.8. The zero-order valence-corrected chi connectivity index (χ0v) is 28.7. The van der Waals surface area contributed by atoms with E-state index in [4.69, 9.17) is 14.6 Å². The highest BCUT2D eigenvalue weighted by Crippen LogP contribution is 2.39. The molecule has 2 aliphatic rings. The van der Waals surface area contributed by atoms with Gasteiger partial charge in [-0.3, -0.25) is 19.3 Å². The summed E-state index contributed by atoms with van der Waals surface area (Å²) in [5.41, 5.74) is 0.940. The zero-order chi connectivity index (χ0) is 35.0. The number of methoxy groups -OCH3 is 1. The minimum atomic E-state index is -3.69. The van der Waals surface area contributed by atoms with Gasteiger partial charge in [-0.2, -0.15) is 0 Å². The van der Waals surface area contributed by atoms with Crippen molar-refractivity contribution >= 4 is 39.3 Å². The third-order valence-corrected chi connectivity index (χ3v) is 9.43. The fourth-order valence-electron chi connectivity index (χ4n) is 6.20. The number of amides is 4. The molecule has 2 aromatic carbocycles. The lowest BCUT2D eigenvalue weighted by Gasteiger charge is -2.29. The van der Waals surface area contributed by atoms with Gasteiger partial charge < -0.3 is 24.8 Å². The number of anilines is 1. The van der Waals surface area contributed by atoms with E-state index in [0.717, 1.165) is 49.7 Å². The maximum atomic E-state index is 13.9. The van der Waals surface area contributed by atoms with E-state index in [0.29, 0.717) is 54.7 Å². The largest absolute Gasteiger partial charge is 0.493 e. The molecule has 1 atom stereocenters. The van der Waals surface area contributed by atoms with Crippen molar-refractivity contribution in [2.24, 2.45) is 5.92 Å². The van der Waals surface area contributed by atoms with E-state index < -0.39 is 45.4 Å². The second-order valence-electron chi connectivity index (χ2n) is 12.2. The number of imide groups is 1. The van der Waals surface area contributed by atoms with Crippen LogP contribution >= 0.6 is 0 Å². The average Bonchev–Trinajstić information content (AvgIpc) is 3.28. The number of piperidine rings is 1. The highest BCUT2D eigenvalue weighted by molar-refractivity contribution is 7.90. The fourth-order valence-corrected chi connectivity index (χ4v) is 7.12. The van der Waals surface area contributed by atoms with Gasteiger partial charge in [-0.05, 0) is 61.9 Å². The quantitative estimate of drug-likeness (QED) is 0.166. The lowest BCUT2D eigenvalue weighted by atomic mass is 9.91. The van der Waals surface area contributed by atoms with Crippen LogP contribution in [0.15, 0.2) is 30.3 Å². The summed E-state index contributed by atoms with van der Waals surface area (Å²) in [6.07, 6.45) is 6.52. The van der Waals surface area contributed by atoms with E-state index in [9.17, 15) is 27.6 Å². The molecule has 0 spiro atoms. The Hall–Kier alpha value is -4.57. The summed E-state index contributed by atoms with van der Waals surface area (Å²) < 4.78 is 36.2. The molecule has 2 heterocycles. The Bertz CT molecular complexity index is 1720. The number of sulfone groups is 1. The first-order valence-electron chi connectivity index (χ1n) is 16.1. The lowest BCUT2D eigenvalue weighted by molar-refractivity contribution is -0.114. The molecule has 0 aromatic heterocycles. The molecule has 1 fully saturated rings. The molecule has 1 saturated heterocycles. The smallest absolute Gasteiger partial charge is 0.407 e. The predicted molar refractivity (Wildman–Crippen MR) is 180 cm³/mol. The molecular weight excluding hydrogens is 638 g/mol. The molecule has 258 valence electrons. The molecule has 48 heavy (non-hydrogen) atoms. The molecule has 0 aliphatic carbocycles. The molecule has 13 heteroatoms. The van der Waals surface area contributed by atoms with Crippen LogP contribution in [-0.2, 0) is 14.6 Å². The van der Waals surface area contributed by atoms with Gasteiger partial charge in [-0.25, -0.2) is 13.2 Å². The summed E-state index contributed by atoms with van der Waals surface area (Å²) in [4.78, 5) is 53.5. The molecule has 0 bridgehead atoms. The van der Waals surface area contributed by atoms with Gasteiger partial charge in [-0.1, -0.05) is 37.2 Å². The van der Waals surface area contributed by atoms with E-state index in [1.54, 1.807) is 31.2 Å². The standard InChI is InChI=1S/C35H43N3O9S/c1-5-47-31-21-26(13-14-30(31)46-3)29(22-48(4,44)45)38-33(40)27-19-25(20-28(36-23(2)39)32(27)34(38)41)12-10-8-6-7-9-11-24-15-17-37(18-16-24)35(42)43/h13-14,19-21,24,29H,5-9,11,15-18,22H2,1-4H3,(H,36,39)(H,42,43)/t29-/m1/s1. The van der Waals surface area contributed by atoms with Gasteiger partial charge in [0.05, 0.1) is 42.3 Å². The van der Waals surface area contributed by atoms with E-state index in [2.05, 4.69) is 17.2 Å². The number of carbonyl (C=O) groups excluding carboxylic acids is 3. The summed E-state index contributed by atoms with van der Waals surface area (Å²) >= 11 is 0. The van der Waals surface area contributed by atoms with Gasteiger partial charge >= 0.3 is 6.09 Å². The Morgan fingerprint density at radius 1 is 1.06 bits per heavy atom. The van der Waals surface area contributed by atoms with Gasteiger partial charge in [0.15, 0.2) is 11.5 Å². The highest BCUT2D eigenvalue weighted by atomic mass is 32.2. The number of nitrogens with one attached hydrogen (secondary N) is 1. The molecule has 0 radical (unpaired) electrons. The van der Waals surface area contributed by atoms with Crippen LogP contribution in [0.25, 0.3) is 0 Å². The van der Waals surface area contributed by atoms with Gasteiger partial charge in [0.1, 0.15) is 9.84 Å². The van der Waals surface area contributed by atoms with Crippen molar-refractivity contribution in [3.63, 3.8) is 0 Å². The first-order valence-corrected chi connectivity index (χ1v) is 18.2. The van der Waals surface area contributed by atoms with Gasteiger partial charge in [0.2, 0.25) is 5.91 Å². The van der Waals surface area contributed by atoms with Crippen LogP contribution in [0.5, 0.6) is 11.5 Å². The first-order chi connectivity index (χ1) is 22.8. The number of hydrogen-bond acceptors (Lipinski definition) is 8. The second-order valence-corrected chi connectivity index (χ2v) is 14.4. The van der Waals surface area contributed by atoms with Crippen molar-refractivity contribution < 1.29 is 42.2 Å². The van der Waals surface area contributed by atoms with Crippen molar-refractivity contribution in [1.29, 1.82) is 0 Å². The average molecular weight is 682 g/mol. The summed E-state index contributed by atoms with van der Waals surface area (Å²) in [5, 5.41) is 11.8. The summed E-state index contributed by atoms with van der Waals surface area (Å²) in [6, 6.07) is 6.63. The normalized spacial score (nSPS) is 15.4. The van der Waals surface area contributed by atoms with Crippen LogP contribution in [-0.4, -0.2) is 86.0 Å². The topological polar surface area (TPSA) is 160 Å². The third-order valence-electron chi connectivity index (χ3n) is 8.51. The van der Waals surface area contributed by atoms with Gasteiger partial charge in [-0.15, -0.1) is 0 Å². The van der Waals surface area contributed by atoms with Gasteiger partial charge in [0, 0.05) is 38.3 Å². The number of rotatable bonds is 13. The van der Waals surface area contributed by atoms with Crippen molar-refractivity contribution in [3.05, 3.63) is 52.6 Å². The Kier molecular flexibility index (Phi) is 12.1. The van der Waals surface area contributed by atoms with Crippen LogP contribution in [0.2, 0.25) is 0 Å². The maximum absolute atomic E-state index is 13.9. The van der Waals surface area contributed by atoms with E-state index >= 15 is 0 Å². The summed E-state index contributed by atoms with van der Waals surface area (Å²) in [6.45, 7) is 4.56. The first kappa shape index (κ1) is 36.3. The number of hydrogen-bond donors (Lipinski definition) is 2. The molecule has 2 N–H and O–H groups in total. The van der Waals surface area contributed by atoms with Crippen LogP contribution < -0.4 is 14.8 Å². The predicted octanol–water partition coefficient (Wildman–Crippen LogP) is 5.13. The molecule has 12 nitrogen and oxygen atoms in total. The molecule has 2 aliphatic heterocycles. The molecular formula is C35H43N3O9S. The molecule has 4 rings (SSSR count). The Labute approximate surface area is 281 Å². The number of unbranched alkanes of at least 4 members (excludes halogenated alkanes) is 3. The van der Waals surface area contributed by atoms with Crippen LogP contribution in [0, 0.1) is 17.8 Å². The number of likely N-dealkylation sites (tertiary alicyclic amines) is 1. The number of fused-ring (bicyclic) bond motifs is 1. The molecule has 0 unspecified atom stereocenters. The highest BCUT2D eigenvalue weighted by Gasteiger charge is 2.44. The maximum Gasteiger partial charge on any atom is 0.407 e. The summed E-state index contributed by atoms with van der Waals surface area (Å²) in [5.74, 6) is 5.08. The van der Waals surface area contributed by atoms with Crippen LogP contribution in [0.3, 0.4) is 0 Å². The molecule has 2 aromatic rings. The van der Waals surface area contributed by atoms with E-state index in [-0.39, 0.29) is 16.8 Å². The van der Waals surface area contributed by atoms with Crippen LogP contribution in [0.4, 0.5) is 10.5 Å². The Morgan fingerprint density at radius 2 is 1.79 bits per heavy atom. The van der Waals surface area contributed by atoms with Gasteiger partial charge in [0.25, 0.3) is 11.8 Å². The monoisotopic (exact) mass is 681 g/mol. The molecule has 4 amide bonds. The Morgan fingerprint density at radius 3 is 2.42 bits per heavy atom. The molecule has 0 saturated carbocycles. The minimum Gasteiger partial charge on any atom is -0.493 e. The second kappa shape index (κ2) is 16.0. The number of ether oxygens (including phenoxy) is 2. The fraction of sp³-hybridized carbons (Fsp3) is 0.486. The summed E-state index contributed by atoms with van der Waals surface area (Å²) in [7, 11) is -2.22.